The van der Waals surface area contributed by atoms with E-state index in [1.165, 1.54) is 17.7 Å². The Morgan fingerprint density at radius 1 is 0.950 bits per heavy atom. The second-order valence-corrected chi connectivity index (χ2v) is 4.94. The zero-order valence-electron chi connectivity index (χ0n) is 12.1. The van der Waals surface area contributed by atoms with Crippen molar-refractivity contribution >= 4 is 0 Å². The minimum absolute atomic E-state index is 0.150. The summed E-state index contributed by atoms with van der Waals surface area (Å²) < 4.78 is 18.2. The normalized spacial score (nSPS) is 13.8. The van der Waals surface area contributed by atoms with Gasteiger partial charge in [0.15, 0.2) is 0 Å². The zero-order chi connectivity index (χ0) is 14.5. The van der Waals surface area contributed by atoms with Gasteiger partial charge in [0.1, 0.15) is 11.6 Å². The predicted molar refractivity (Wildman–Crippen MR) is 79.4 cm³/mol. The van der Waals surface area contributed by atoms with Gasteiger partial charge in [0.2, 0.25) is 0 Å². The van der Waals surface area contributed by atoms with Crippen LogP contribution >= 0.6 is 0 Å². The minimum Gasteiger partial charge on any atom is -0.497 e. The predicted octanol–water partition coefficient (Wildman–Crippen LogP) is 4.25. The van der Waals surface area contributed by atoms with Gasteiger partial charge in [-0.15, -0.1) is 0 Å². The van der Waals surface area contributed by atoms with Gasteiger partial charge in [-0.2, -0.15) is 0 Å². The third-order valence-electron chi connectivity index (χ3n) is 3.46. The van der Waals surface area contributed by atoms with Crippen LogP contribution in [0.3, 0.4) is 0 Å². The molecule has 0 spiro atoms. The van der Waals surface area contributed by atoms with E-state index in [1.54, 1.807) is 7.11 Å². The van der Waals surface area contributed by atoms with Crippen LogP contribution in [0.1, 0.15) is 37.1 Å². The van der Waals surface area contributed by atoms with E-state index < -0.39 is 0 Å². The molecule has 2 aromatic rings. The third kappa shape index (κ3) is 3.58. The number of hydrogen-bond donors (Lipinski definition) is 1. The van der Waals surface area contributed by atoms with Crippen LogP contribution in [0.5, 0.6) is 5.75 Å². The lowest BCUT2D eigenvalue weighted by molar-refractivity contribution is 0.412. The fourth-order valence-corrected chi connectivity index (χ4v) is 2.23. The molecule has 2 nitrogen and oxygen atoms in total. The lowest BCUT2D eigenvalue weighted by atomic mass is 10.0. The molecular weight excluding hydrogens is 253 g/mol. The maximum absolute atomic E-state index is 12.9. The van der Waals surface area contributed by atoms with Gasteiger partial charge in [-0.25, -0.2) is 4.39 Å². The monoisotopic (exact) mass is 273 g/mol. The van der Waals surface area contributed by atoms with Gasteiger partial charge in [0.25, 0.3) is 0 Å². The second kappa shape index (κ2) is 6.53. The highest BCUT2D eigenvalue weighted by Crippen LogP contribution is 2.22. The van der Waals surface area contributed by atoms with Crippen molar-refractivity contribution in [3.8, 4) is 5.75 Å². The lowest BCUT2D eigenvalue weighted by Crippen LogP contribution is -2.22. The average Bonchev–Trinajstić information content (AvgIpc) is 2.47. The van der Waals surface area contributed by atoms with E-state index in [-0.39, 0.29) is 17.9 Å². The summed E-state index contributed by atoms with van der Waals surface area (Å²) in [6.45, 7) is 4.18. The maximum Gasteiger partial charge on any atom is 0.123 e. The van der Waals surface area contributed by atoms with Crippen LogP contribution < -0.4 is 10.1 Å². The molecule has 2 atom stereocenters. The third-order valence-corrected chi connectivity index (χ3v) is 3.46. The van der Waals surface area contributed by atoms with Crippen LogP contribution in [0.25, 0.3) is 0 Å². The first kappa shape index (κ1) is 14.5. The van der Waals surface area contributed by atoms with Crippen LogP contribution in [0, 0.1) is 5.82 Å². The molecule has 1 unspecified atom stereocenters. The summed E-state index contributed by atoms with van der Waals surface area (Å²) in [6.07, 6.45) is 0. The Morgan fingerprint density at radius 3 is 2.25 bits per heavy atom. The molecule has 0 aromatic heterocycles. The zero-order valence-corrected chi connectivity index (χ0v) is 12.1. The highest BCUT2D eigenvalue weighted by atomic mass is 19.1. The van der Waals surface area contributed by atoms with E-state index in [0.717, 1.165) is 11.3 Å². The standard InChI is InChI=1S/C17H20FNO/c1-12(14-7-9-16(18)10-8-14)19-13(2)15-5-4-6-17(11-15)20-3/h4-13,19H,1-3H3/t12-,13?/m0/s1. The molecule has 0 aliphatic rings. The first-order valence-corrected chi connectivity index (χ1v) is 6.75. The van der Waals surface area contributed by atoms with E-state index in [1.807, 2.05) is 30.3 Å². The summed E-state index contributed by atoms with van der Waals surface area (Å²) >= 11 is 0. The summed E-state index contributed by atoms with van der Waals surface area (Å²) in [4.78, 5) is 0. The van der Waals surface area contributed by atoms with Crippen LogP contribution in [0.15, 0.2) is 48.5 Å². The summed E-state index contributed by atoms with van der Waals surface area (Å²) in [5.74, 6) is 0.646. The van der Waals surface area contributed by atoms with Gasteiger partial charge in [-0.1, -0.05) is 24.3 Å². The fourth-order valence-electron chi connectivity index (χ4n) is 2.23. The lowest BCUT2D eigenvalue weighted by Gasteiger charge is -2.21. The van der Waals surface area contributed by atoms with Gasteiger partial charge < -0.3 is 10.1 Å². The fraction of sp³-hybridized carbons (Fsp3) is 0.294. The van der Waals surface area contributed by atoms with Crippen molar-refractivity contribution in [3.05, 3.63) is 65.5 Å². The van der Waals surface area contributed by atoms with Crippen LogP contribution in [-0.4, -0.2) is 7.11 Å². The van der Waals surface area contributed by atoms with Crippen molar-refractivity contribution in [2.75, 3.05) is 7.11 Å². The van der Waals surface area contributed by atoms with Gasteiger partial charge in [-0.05, 0) is 49.2 Å². The SMILES string of the molecule is COc1cccc(C(C)N[C@@H](C)c2ccc(F)cc2)c1. The van der Waals surface area contributed by atoms with Crippen LogP contribution in [-0.2, 0) is 0 Å². The van der Waals surface area contributed by atoms with Gasteiger partial charge >= 0.3 is 0 Å². The number of methoxy groups -OCH3 is 1. The molecule has 20 heavy (non-hydrogen) atoms. The Kier molecular flexibility index (Phi) is 4.74. The molecule has 0 aliphatic carbocycles. The molecule has 106 valence electrons. The Labute approximate surface area is 119 Å². The summed E-state index contributed by atoms with van der Waals surface area (Å²) in [5, 5.41) is 3.51. The summed E-state index contributed by atoms with van der Waals surface area (Å²) in [5.41, 5.74) is 2.24. The van der Waals surface area contributed by atoms with Crippen molar-refractivity contribution < 1.29 is 9.13 Å². The number of benzene rings is 2. The van der Waals surface area contributed by atoms with Crippen molar-refractivity contribution in [1.29, 1.82) is 0 Å². The number of nitrogens with one attached hydrogen (secondary N) is 1. The Bertz CT molecular complexity index is 553. The first-order chi connectivity index (χ1) is 9.60. The molecule has 0 amide bonds. The minimum atomic E-state index is -0.207. The van der Waals surface area contributed by atoms with E-state index in [0.29, 0.717) is 0 Å². The average molecular weight is 273 g/mol. The molecule has 1 N–H and O–H groups in total. The molecule has 3 heteroatoms. The molecule has 0 saturated heterocycles. The van der Waals surface area contributed by atoms with Crippen LogP contribution in [0.2, 0.25) is 0 Å². The van der Waals surface area contributed by atoms with E-state index in [2.05, 4.69) is 25.2 Å². The van der Waals surface area contributed by atoms with Gasteiger partial charge in [0, 0.05) is 12.1 Å². The Morgan fingerprint density at radius 2 is 1.60 bits per heavy atom. The van der Waals surface area contributed by atoms with Crippen molar-refractivity contribution in [2.45, 2.75) is 25.9 Å². The molecule has 2 aromatic carbocycles. The Balaban J connectivity index is 2.06. The Hall–Kier alpha value is -1.87. The van der Waals surface area contributed by atoms with Crippen molar-refractivity contribution in [1.82, 2.24) is 5.32 Å². The first-order valence-electron chi connectivity index (χ1n) is 6.75. The van der Waals surface area contributed by atoms with Crippen molar-refractivity contribution in [2.24, 2.45) is 0 Å². The van der Waals surface area contributed by atoms with Gasteiger partial charge in [0.05, 0.1) is 7.11 Å². The highest BCUT2D eigenvalue weighted by molar-refractivity contribution is 5.30. The summed E-state index contributed by atoms with van der Waals surface area (Å²) in [7, 11) is 1.67. The molecule has 0 heterocycles. The molecule has 0 radical (unpaired) electrons. The quantitative estimate of drug-likeness (QED) is 0.879. The molecular formula is C17H20FNO. The summed E-state index contributed by atoms with van der Waals surface area (Å²) in [6, 6.07) is 14.9. The number of hydrogen-bond acceptors (Lipinski definition) is 2. The van der Waals surface area contributed by atoms with E-state index in [4.69, 9.17) is 4.74 Å². The topological polar surface area (TPSA) is 21.3 Å². The largest absolute Gasteiger partial charge is 0.497 e. The number of halogens is 1. The smallest absolute Gasteiger partial charge is 0.123 e. The molecule has 0 fully saturated rings. The molecule has 0 aliphatic heterocycles. The number of ether oxygens (including phenoxy) is 1. The van der Waals surface area contributed by atoms with E-state index >= 15 is 0 Å². The van der Waals surface area contributed by atoms with E-state index in [9.17, 15) is 4.39 Å². The number of rotatable bonds is 5. The van der Waals surface area contributed by atoms with Gasteiger partial charge in [-0.3, -0.25) is 0 Å². The molecule has 0 bridgehead atoms. The van der Waals surface area contributed by atoms with Crippen LogP contribution in [0.4, 0.5) is 4.39 Å². The molecule has 2 rings (SSSR count). The highest BCUT2D eigenvalue weighted by Gasteiger charge is 2.11. The van der Waals surface area contributed by atoms with Crippen molar-refractivity contribution in [3.63, 3.8) is 0 Å². The maximum atomic E-state index is 12.9. The second-order valence-electron chi connectivity index (χ2n) is 4.94. The molecule has 0 saturated carbocycles.